The Hall–Kier alpha value is -1.37. The van der Waals surface area contributed by atoms with Gasteiger partial charge in [-0.05, 0) is 19.1 Å². The quantitative estimate of drug-likeness (QED) is 0.819. The van der Waals surface area contributed by atoms with Crippen molar-refractivity contribution < 1.29 is 0 Å². The molecule has 2 N–H and O–H groups in total. The van der Waals surface area contributed by atoms with E-state index >= 15 is 0 Å². The molecule has 2 rings (SSSR count). The molecule has 0 unspecified atom stereocenters. The third-order valence-electron chi connectivity index (χ3n) is 2.65. The number of aromatic nitrogens is 2. The van der Waals surface area contributed by atoms with Gasteiger partial charge in [-0.2, -0.15) is 0 Å². The van der Waals surface area contributed by atoms with Crippen LogP contribution in [0.5, 0.6) is 0 Å². The Morgan fingerprint density at radius 2 is 2.21 bits per heavy atom. The molecule has 7 heteroatoms. The van der Waals surface area contributed by atoms with E-state index in [-0.39, 0.29) is 11.2 Å². The predicted molar refractivity (Wildman–Crippen MR) is 77.1 cm³/mol. The van der Waals surface area contributed by atoms with Gasteiger partial charge in [0.05, 0.1) is 4.34 Å². The maximum absolute atomic E-state index is 11.5. The molecule has 0 fully saturated rings. The summed E-state index contributed by atoms with van der Waals surface area (Å²) in [5.41, 5.74) is -0.177. The van der Waals surface area contributed by atoms with Crippen LogP contribution in [-0.2, 0) is 13.1 Å². The molecule has 0 saturated carbocycles. The van der Waals surface area contributed by atoms with Gasteiger partial charge in [0.1, 0.15) is 0 Å². The molecule has 2 aromatic heterocycles. The van der Waals surface area contributed by atoms with Gasteiger partial charge in [0.25, 0.3) is 5.56 Å². The zero-order valence-corrected chi connectivity index (χ0v) is 12.0. The van der Waals surface area contributed by atoms with Gasteiger partial charge in [0.15, 0.2) is 0 Å². The van der Waals surface area contributed by atoms with E-state index in [9.17, 15) is 9.59 Å². The van der Waals surface area contributed by atoms with E-state index in [1.165, 1.54) is 15.9 Å². The molecule has 0 spiro atoms. The van der Waals surface area contributed by atoms with Crippen LogP contribution in [0.25, 0.3) is 0 Å². The summed E-state index contributed by atoms with van der Waals surface area (Å²) in [7, 11) is 0. The largest absolute Gasteiger partial charge is 0.328 e. The van der Waals surface area contributed by atoms with E-state index in [1.54, 1.807) is 13.1 Å². The van der Waals surface area contributed by atoms with E-state index in [1.807, 2.05) is 12.1 Å². The third kappa shape index (κ3) is 3.79. The number of hydrogen-bond donors (Lipinski definition) is 2. The minimum atomic E-state index is -0.378. The standard InChI is InChI=1S/C12H14ClN3O2S/c1-8-7-16(12(18)15-11(8)17)5-4-14-6-9-2-3-10(13)19-9/h2-3,7,14H,4-6H2,1H3,(H,15,17,18). The Morgan fingerprint density at radius 3 is 2.89 bits per heavy atom. The molecule has 0 saturated heterocycles. The molecule has 0 bridgehead atoms. The molecule has 19 heavy (non-hydrogen) atoms. The number of aryl methyl sites for hydroxylation is 1. The van der Waals surface area contributed by atoms with Gasteiger partial charge in [-0.1, -0.05) is 11.6 Å². The highest BCUT2D eigenvalue weighted by Gasteiger charge is 2.01. The summed E-state index contributed by atoms with van der Waals surface area (Å²) in [6.07, 6.45) is 1.57. The maximum atomic E-state index is 11.5. The molecule has 0 atom stereocenters. The molecule has 2 heterocycles. The number of nitrogens with one attached hydrogen (secondary N) is 2. The van der Waals surface area contributed by atoms with Crippen LogP contribution >= 0.6 is 22.9 Å². The molecular formula is C12H14ClN3O2S. The molecule has 0 aliphatic rings. The smallest absolute Gasteiger partial charge is 0.310 e. The fraction of sp³-hybridized carbons (Fsp3) is 0.333. The van der Waals surface area contributed by atoms with Crippen molar-refractivity contribution in [2.75, 3.05) is 6.54 Å². The van der Waals surface area contributed by atoms with Crippen molar-refractivity contribution in [3.63, 3.8) is 0 Å². The van der Waals surface area contributed by atoms with E-state index < -0.39 is 0 Å². The monoisotopic (exact) mass is 299 g/mol. The lowest BCUT2D eigenvalue weighted by atomic mass is 10.4. The number of aromatic amines is 1. The van der Waals surface area contributed by atoms with Crippen molar-refractivity contribution in [1.82, 2.24) is 14.9 Å². The Balaban J connectivity index is 1.88. The lowest BCUT2D eigenvalue weighted by Gasteiger charge is -2.06. The summed E-state index contributed by atoms with van der Waals surface area (Å²) in [5, 5.41) is 3.22. The highest BCUT2D eigenvalue weighted by Crippen LogP contribution is 2.20. The fourth-order valence-electron chi connectivity index (χ4n) is 1.64. The lowest BCUT2D eigenvalue weighted by molar-refractivity contribution is 0.574. The molecule has 0 radical (unpaired) electrons. The van der Waals surface area contributed by atoms with E-state index in [2.05, 4.69) is 10.3 Å². The third-order valence-corrected chi connectivity index (χ3v) is 3.88. The average Bonchev–Trinajstić information content (AvgIpc) is 2.77. The first kappa shape index (κ1) is 14.0. The first-order valence-corrected chi connectivity index (χ1v) is 7.01. The summed E-state index contributed by atoms with van der Waals surface area (Å²) in [6, 6.07) is 3.83. The fourth-order valence-corrected chi connectivity index (χ4v) is 2.70. The molecule has 102 valence electrons. The van der Waals surface area contributed by atoms with Gasteiger partial charge in [-0.15, -0.1) is 11.3 Å². The summed E-state index contributed by atoms with van der Waals surface area (Å²) in [4.78, 5) is 26.2. The van der Waals surface area contributed by atoms with Crippen LogP contribution in [0, 0.1) is 6.92 Å². The first-order valence-electron chi connectivity index (χ1n) is 5.81. The normalized spacial score (nSPS) is 10.8. The zero-order chi connectivity index (χ0) is 13.8. The number of rotatable bonds is 5. The Kier molecular flexibility index (Phi) is 4.57. The Morgan fingerprint density at radius 1 is 1.42 bits per heavy atom. The van der Waals surface area contributed by atoms with Crippen LogP contribution in [0.15, 0.2) is 27.9 Å². The van der Waals surface area contributed by atoms with E-state index in [0.717, 1.165) is 9.21 Å². The number of nitrogens with zero attached hydrogens (tertiary/aromatic N) is 1. The van der Waals surface area contributed by atoms with Gasteiger partial charge < -0.3 is 5.32 Å². The Bertz CT molecular complexity index is 674. The lowest BCUT2D eigenvalue weighted by Crippen LogP contribution is -2.33. The number of halogens is 1. The highest BCUT2D eigenvalue weighted by atomic mass is 35.5. The number of thiophene rings is 1. The average molecular weight is 300 g/mol. The second kappa shape index (κ2) is 6.18. The molecule has 0 aliphatic carbocycles. The molecule has 5 nitrogen and oxygen atoms in total. The summed E-state index contributed by atoms with van der Waals surface area (Å²) in [6.45, 7) is 3.54. The van der Waals surface area contributed by atoms with E-state index in [0.29, 0.717) is 25.2 Å². The predicted octanol–water partition coefficient (Wildman–Crippen LogP) is 1.35. The summed E-state index contributed by atoms with van der Waals surface area (Å²) < 4.78 is 2.26. The van der Waals surface area contributed by atoms with Gasteiger partial charge in [0.2, 0.25) is 0 Å². The second-order valence-corrected chi connectivity index (χ2v) is 5.95. The summed E-state index contributed by atoms with van der Waals surface area (Å²) >= 11 is 7.36. The van der Waals surface area contributed by atoms with Gasteiger partial charge >= 0.3 is 5.69 Å². The van der Waals surface area contributed by atoms with Gasteiger partial charge in [0, 0.05) is 36.3 Å². The topological polar surface area (TPSA) is 66.9 Å². The van der Waals surface area contributed by atoms with Crippen molar-refractivity contribution in [2.45, 2.75) is 20.0 Å². The highest BCUT2D eigenvalue weighted by molar-refractivity contribution is 7.16. The minimum absolute atomic E-state index is 0.331. The van der Waals surface area contributed by atoms with Crippen LogP contribution in [0.3, 0.4) is 0 Å². The van der Waals surface area contributed by atoms with Crippen LogP contribution in [0.1, 0.15) is 10.4 Å². The number of hydrogen-bond acceptors (Lipinski definition) is 4. The SMILES string of the molecule is Cc1cn(CCNCc2ccc(Cl)s2)c(=O)[nH]c1=O. The van der Waals surface area contributed by atoms with E-state index in [4.69, 9.17) is 11.6 Å². The van der Waals surface area contributed by atoms with Crippen molar-refractivity contribution >= 4 is 22.9 Å². The maximum Gasteiger partial charge on any atom is 0.328 e. The molecule has 0 aliphatic heterocycles. The van der Waals surface area contributed by atoms with Crippen molar-refractivity contribution in [3.05, 3.63) is 53.9 Å². The number of H-pyrrole nitrogens is 1. The van der Waals surface area contributed by atoms with Crippen molar-refractivity contribution in [2.24, 2.45) is 0 Å². The van der Waals surface area contributed by atoms with Crippen LogP contribution in [0.2, 0.25) is 4.34 Å². The molecule has 0 amide bonds. The van der Waals surface area contributed by atoms with Crippen molar-refractivity contribution in [3.8, 4) is 0 Å². The first-order chi connectivity index (χ1) is 9.06. The molecular weight excluding hydrogens is 286 g/mol. The van der Waals surface area contributed by atoms with Gasteiger partial charge in [-0.25, -0.2) is 4.79 Å². The van der Waals surface area contributed by atoms with Gasteiger partial charge in [-0.3, -0.25) is 14.3 Å². The minimum Gasteiger partial charge on any atom is -0.310 e. The van der Waals surface area contributed by atoms with Crippen LogP contribution in [0.4, 0.5) is 0 Å². The second-order valence-electron chi connectivity index (χ2n) is 4.15. The molecule has 0 aromatic carbocycles. The van der Waals surface area contributed by atoms with Crippen LogP contribution < -0.4 is 16.6 Å². The van der Waals surface area contributed by atoms with Crippen LogP contribution in [-0.4, -0.2) is 16.1 Å². The summed E-state index contributed by atoms with van der Waals surface area (Å²) in [5.74, 6) is 0. The molecule has 2 aromatic rings. The van der Waals surface area contributed by atoms with Crippen molar-refractivity contribution in [1.29, 1.82) is 0 Å². The Labute approximate surface area is 118 Å². The zero-order valence-electron chi connectivity index (χ0n) is 10.4.